The van der Waals surface area contributed by atoms with Crippen LogP contribution in [-0.4, -0.2) is 30.5 Å². The lowest BCUT2D eigenvalue weighted by atomic mass is 9.63. The second kappa shape index (κ2) is 6.78. The molecule has 4 nitrogen and oxygen atoms in total. The maximum Gasteiger partial charge on any atom is 0.209 e. The van der Waals surface area contributed by atoms with Crippen LogP contribution in [0.1, 0.15) is 51.0 Å². The van der Waals surface area contributed by atoms with Gasteiger partial charge in [0.25, 0.3) is 0 Å². The first-order valence-corrected chi connectivity index (χ1v) is 8.29. The lowest BCUT2D eigenvalue weighted by molar-refractivity contribution is -0.499. The monoisotopic (exact) mass is 304 g/mol. The molecule has 1 aromatic rings. The molecule has 1 aromatic carbocycles. The number of nitrogens with zero attached hydrogens (tertiary/aromatic N) is 2. The second-order valence-electron chi connectivity index (χ2n) is 7.03. The molecule has 122 valence electrons. The summed E-state index contributed by atoms with van der Waals surface area (Å²) in [5.74, 6) is 0. The molecule has 22 heavy (non-hydrogen) atoms. The summed E-state index contributed by atoms with van der Waals surface area (Å²) >= 11 is 0. The van der Waals surface area contributed by atoms with E-state index >= 15 is 0 Å². The zero-order valence-electron chi connectivity index (χ0n) is 14.0. The van der Waals surface area contributed by atoms with Crippen molar-refractivity contribution in [3.63, 3.8) is 0 Å². The van der Waals surface area contributed by atoms with Crippen LogP contribution in [-0.2, 0) is 5.54 Å². The second-order valence-corrected chi connectivity index (χ2v) is 7.03. The van der Waals surface area contributed by atoms with Crippen molar-refractivity contribution >= 4 is 0 Å². The fraction of sp³-hybridized carbons (Fsp3) is 0.667. The Morgan fingerprint density at radius 2 is 1.73 bits per heavy atom. The molecule has 1 fully saturated rings. The van der Waals surface area contributed by atoms with Gasteiger partial charge in [0.05, 0.1) is 0 Å². The highest BCUT2D eigenvalue weighted by atomic mass is 16.6. The number of hydrogen-bond acceptors (Lipinski definition) is 3. The Morgan fingerprint density at radius 1 is 1.14 bits per heavy atom. The van der Waals surface area contributed by atoms with Gasteiger partial charge in [-0.25, -0.2) is 0 Å². The van der Waals surface area contributed by atoms with Crippen LogP contribution >= 0.6 is 0 Å². The van der Waals surface area contributed by atoms with Crippen LogP contribution in [0.3, 0.4) is 0 Å². The molecule has 0 heterocycles. The molecule has 0 bridgehead atoms. The Hall–Kier alpha value is -1.42. The molecule has 0 spiro atoms. The largest absolute Gasteiger partial charge is 0.300 e. The number of rotatable bonds is 6. The highest BCUT2D eigenvalue weighted by Crippen LogP contribution is 2.50. The van der Waals surface area contributed by atoms with Gasteiger partial charge < -0.3 is 0 Å². The number of nitro groups is 1. The molecule has 0 aliphatic heterocycles. The summed E-state index contributed by atoms with van der Waals surface area (Å²) in [7, 11) is 4.26. The molecular formula is C18H28N2O2. The lowest BCUT2D eigenvalue weighted by Gasteiger charge is -2.49. The summed E-state index contributed by atoms with van der Waals surface area (Å²) in [6.07, 6.45) is 5.86. The predicted octanol–water partition coefficient (Wildman–Crippen LogP) is 4.08. The normalized spacial score (nSPS) is 28.7. The van der Waals surface area contributed by atoms with Crippen molar-refractivity contribution in [1.29, 1.82) is 0 Å². The van der Waals surface area contributed by atoms with E-state index in [0.717, 1.165) is 38.5 Å². The third kappa shape index (κ3) is 3.32. The molecule has 0 N–H and O–H groups in total. The number of hydrogen-bond donors (Lipinski definition) is 0. The highest BCUT2D eigenvalue weighted by Gasteiger charge is 2.46. The van der Waals surface area contributed by atoms with E-state index in [9.17, 15) is 10.1 Å². The van der Waals surface area contributed by atoms with Crippen molar-refractivity contribution < 1.29 is 4.92 Å². The summed E-state index contributed by atoms with van der Waals surface area (Å²) < 4.78 is 0. The maximum absolute atomic E-state index is 11.1. The van der Waals surface area contributed by atoms with Crippen molar-refractivity contribution in [2.24, 2.45) is 5.41 Å². The van der Waals surface area contributed by atoms with Crippen LogP contribution in [0.15, 0.2) is 30.3 Å². The summed E-state index contributed by atoms with van der Waals surface area (Å²) in [6, 6.07) is 10.6. The van der Waals surface area contributed by atoms with Gasteiger partial charge in [0.2, 0.25) is 6.54 Å². The van der Waals surface area contributed by atoms with Gasteiger partial charge in [-0.1, -0.05) is 43.7 Å². The van der Waals surface area contributed by atoms with E-state index in [1.54, 1.807) is 0 Å². The fourth-order valence-electron chi connectivity index (χ4n) is 4.23. The average Bonchev–Trinajstić information content (AvgIpc) is 2.48. The van der Waals surface area contributed by atoms with Crippen molar-refractivity contribution in [3.05, 3.63) is 46.0 Å². The van der Waals surface area contributed by atoms with E-state index < -0.39 is 0 Å². The van der Waals surface area contributed by atoms with Crippen LogP contribution in [0.2, 0.25) is 0 Å². The van der Waals surface area contributed by atoms with Gasteiger partial charge in [0.1, 0.15) is 0 Å². The molecule has 0 unspecified atom stereocenters. The molecule has 0 atom stereocenters. The third-order valence-corrected chi connectivity index (χ3v) is 5.55. The van der Waals surface area contributed by atoms with Crippen molar-refractivity contribution in [1.82, 2.24) is 4.90 Å². The van der Waals surface area contributed by atoms with Gasteiger partial charge in [-0.15, -0.1) is 0 Å². The minimum atomic E-state index is -0.110. The molecule has 2 rings (SSSR count). The van der Waals surface area contributed by atoms with Gasteiger partial charge >= 0.3 is 0 Å². The quantitative estimate of drug-likeness (QED) is 0.587. The Morgan fingerprint density at radius 3 is 2.18 bits per heavy atom. The smallest absolute Gasteiger partial charge is 0.209 e. The van der Waals surface area contributed by atoms with Gasteiger partial charge in [0.15, 0.2) is 0 Å². The molecule has 0 amide bonds. The summed E-state index contributed by atoms with van der Waals surface area (Å²) in [4.78, 5) is 13.3. The van der Waals surface area contributed by atoms with Crippen molar-refractivity contribution in [2.75, 3.05) is 20.6 Å². The number of benzene rings is 1. The van der Waals surface area contributed by atoms with Crippen LogP contribution in [0, 0.1) is 15.5 Å². The molecule has 1 saturated carbocycles. The van der Waals surface area contributed by atoms with Gasteiger partial charge in [-0.05, 0) is 51.8 Å². The van der Waals surface area contributed by atoms with E-state index in [4.69, 9.17) is 0 Å². The minimum Gasteiger partial charge on any atom is -0.300 e. The van der Waals surface area contributed by atoms with E-state index in [1.165, 1.54) is 5.56 Å². The van der Waals surface area contributed by atoms with Crippen LogP contribution in [0.4, 0.5) is 0 Å². The average molecular weight is 304 g/mol. The summed E-state index contributed by atoms with van der Waals surface area (Å²) in [5.41, 5.74) is 1.26. The highest BCUT2D eigenvalue weighted by molar-refractivity contribution is 5.25. The Labute approximate surface area is 133 Å². The zero-order valence-corrected chi connectivity index (χ0v) is 14.0. The van der Waals surface area contributed by atoms with Crippen molar-refractivity contribution in [2.45, 2.75) is 51.0 Å². The molecule has 0 saturated heterocycles. The van der Waals surface area contributed by atoms with Gasteiger partial charge in [-0.2, -0.15) is 0 Å². The Bertz CT molecular complexity index is 491. The first kappa shape index (κ1) is 16.9. The summed E-state index contributed by atoms with van der Waals surface area (Å²) in [5, 5.41) is 11.1. The van der Waals surface area contributed by atoms with Gasteiger partial charge in [-0.3, -0.25) is 15.0 Å². The molecule has 4 heteroatoms. The van der Waals surface area contributed by atoms with Crippen LogP contribution < -0.4 is 0 Å². The first-order valence-electron chi connectivity index (χ1n) is 8.29. The molecule has 1 aliphatic rings. The lowest BCUT2D eigenvalue weighted by Crippen LogP contribution is -2.48. The predicted molar refractivity (Wildman–Crippen MR) is 89.5 cm³/mol. The van der Waals surface area contributed by atoms with Crippen LogP contribution in [0.25, 0.3) is 0 Å². The van der Waals surface area contributed by atoms with E-state index in [2.05, 4.69) is 50.2 Å². The van der Waals surface area contributed by atoms with Gasteiger partial charge in [0, 0.05) is 15.9 Å². The van der Waals surface area contributed by atoms with E-state index in [-0.39, 0.29) is 22.4 Å². The zero-order chi connectivity index (χ0) is 16.2. The molecule has 0 aromatic heterocycles. The first-order chi connectivity index (χ1) is 10.4. The molecule has 0 radical (unpaired) electrons. The SMILES string of the molecule is CCCC1(C[N+](=O)[O-])CCC(c2ccccc2)(N(C)C)CC1. The Balaban J connectivity index is 2.24. The van der Waals surface area contributed by atoms with E-state index in [1.807, 2.05) is 6.07 Å². The maximum atomic E-state index is 11.1. The molecule has 1 aliphatic carbocycles. The standard InChI is InChI=1S/C18H28N2O2/c1-4-10-17(15-20(21)22)11-13-18(14-12-17,19(2)3)16-8-6-5-7-9-16/h5-9H,4,10-15H2,1-3H3. The minimum absolute atomic E-state index is 0.0229. The molecular weight excluding hydrogens is 276 g/mol. The Kier molecular flexibility index (Phi) is 5.22. The third-order valence-electron chi connectivity index (χ3n) is 5.55. The topological polar surface area (TPSA) is 46.4 Å². The summed E-state index contributed by atoms with van der Waals surface area (Å²) in [6.45, 7) is 2.26. The van der Waals surface area contributed by atoms with Crippen LogP contribution in [0.5, 0.6) is 0 Å². The van der Waals surface area contributed by atoms with E-state index in [0.29, 0.717) is 0 Å². The fourth-order valence-corrected chi connectivity index (χ4v) is 4.23. The van der Waals surface area contributed by atoms with Crippen molar-refractivity contribution in [3.8, 4) is 0 Å².